The van der Waals surface area contributed by atoms with Crippen molar-refractivity contribution < 1.29 is 22.7 Å². The number of nitrogens with zero attached hydrogens (tertiary/aromatic N) is 3. The van der Waals surface area contributed by atoms with Gasteiger partial charge in [0.2, 0.25) is 0 Å². The highest BCUT2D eigenvalue weighted by Gasteiger charge is 2.24. The Hall–Kier alpha value is -3.50. The minimum absolute atomic E-state index is 0.326. The van der Waals surface area contributed by atoms with Crippen LogP contribution >= 0.6 is 11.3 Å². The molecular weight excluding hydrogens is 474 g/mol. The first-order valence-electron chi connectivity index (χ1n) is 11.2. The average molecular weight is 499 g/mol. The quantitative estimate of drug-likeness (QED) is 0.365. The van der Waals surface area contributed by atoms with Crippen molar-refractivity contribution in [2.45, 2.75) is 18.9 Å². The normalized spacial score (nSPS) is 14.9. The Labute approximate surface area is 204 Å². The van der Waals surface area contributed by atoms with Crippen LogP contribution in [-0.4, -0.2) is 49.2 Å². The molecule has 0 aliphatic carbocycles. The summed E-state index contributed by atoms with van der Waals surface area (Å²) < 4.78 is 38.0. The molecule has 1 fully saturated rings. The van der Waals surface area contributed by atoms with Crippen LogP contribution in [0.15, 0.2) is 52.9 Å². The van der Waals surface area contributed by atoms with E-state index in [-0.39, 0.29) is 0 Å². The highest BCUT2D eigenvalue weighted by atomic mass is 32.1. The molecule has 1 saturated heterocycles. The van der Waals surface area contributed by atoms with Gasteiger partial charge in [-0.2, -0.15) is 4.98 Å². The number of rotatable bonds is 5. The summed E-state index contributed by atoms with van der Waals surface area (Å²) >= 11 is 1.15. The van der Waals surface area contributed by atoms with E-state index in [2.05, 4.69) is 27.1 Å². The maximum absolute atomic E-state index is 13.5. The fraction of sp³-hybridized carbons (Fsp3) is 0.280. The van der Waals surface area contributed by atoms with Gasteiger partial charge in [0, 0.05) is 23.7 Å². The van der Waals surface area contributed by atoms with E-state index in [4.69, 9.17) is 9.15 Å². The van der Waals surface area contributed by atoms with Gasteiger partial charge >= 0.3 is 6.09 Å². The standard InChI is InChI=1S/C25H24F2N4O3S/c1-30-11-9-17(10-12-30)31(2)24-29-20-14-16(4-6-21(20)33-24)28-25(32)34-23-8-7-22(35-23)15-3-5-18(26)19(27)13-15/h3-8,13-14,17H,9-12H2,1-2H3,(H,28,32). The first kappa shape index (κ1) is 23.3. The van der Waals surface area contributed by atoms with Crippen LogP contribution in [0.5, 0.6) is 5.06 Å². The summed E-state index contributed by atoms with van der Waals surface area (Å²) in [6, 6.07) is 13.1. The number of carbonyl (C=O) groups is 1. The molecule has 2 aromatic carbocycles. The number of piperidine rings is 1. The Balaban J connectivity index is 1.23. The van der Waals surface area contributed by atoms with Crippen LogP contribution in [0.4, 0.5) is 25.3 Å². The van der Waals surface area contributed by atoms with E-state index >= 15 is 0 Å². The summed E-state index contributed by atoms with van der Waals surface area (Å²) in [5.74, 6) is -1.84. The Morgan fingerprint density at radius 2 is 1.94 bits per heavy atom. The molecule has 1 aliphatic heterocycles. The zero-order chi connectivity index (χ0) is 24.5. The first-order valence-corrected chi connectivity index (χ1v) is 12.0. The number of thiophene rings is 1. The molecule has 182 valence electrons. The molecule has 0 spiro atoms. The van der Waals surface area contributed by atoms with Crippen molar-refractivity contribution in [3.8, 4) is 15.5 Å². The fourth-order valence-corrected chi connectivity index (χ4v) is 4.95. The molecule has 0 radical (unpaired) electrons. The van der Waals surface area contributed by atoms with E-state index in [1.807, 2.05) is 7.05 Å². The summed E-state index contributed by atoms with van der Waals surface area (Å²) in [6.07, 6.45) is 1.42. The minimum atomic E-state index is -0.931. The van der Waals surface area contributed by atoms with Gasteiger partial charge in [-0.15, -0.1) is 0 Å². The average Bonchev–Trinajstić information content (AvgIpc) is 3.47. The van der Waals surface area contributed by atoms with E-state index in [1.54, 1.807) is 30.3 Å². The van der Waals surface area contributed by atoms with Gasteiger partial charge in [0.05, 0.1) is 0 Å². The van der Waals surface area contributed by atoms with Gasteiger partial charge in [-0.05, 0) is 81.0 Å². The van der Waals surface area contributed by atoms with Crippen molar-refractivity contribution in [3.63, 3.8) is 0 Å². The van der Waals surface area contributed by atoms with E-state index < -0.39 is 17.7 Å². The van der Waals surface area contributed by atoms with E-state index in [9.17, 15) is 13.6 Å². The van der Waals surface area contributed by atoms with Crippen LogP contribution in [0.3, 0.4) is 0 Å². The third-order valence-electron chi connectivity index (χ3n) is 6.14. The second-order valence-corrected chi connectivity index (χ2v) is 9.63. The predicted octanol–water partition coefficient (Wildman–Crippen LogP) is 5.98. The lowest BCUT2D eigenvalue weighted by Gasteiger charge is -2.34. The number of benzene rings is 2. The lowest BCUT2D eigenvalue weighted by Crippen LogP contribution is -2.42. The van der Waals surface area contributed by atoms with Crippen molar-refractivity contribution in [2.75, 3.05) is 37.4 Å². The van der Waals surface area contributed by atoms with Crippen molar-refractivity contribution in [3.05, 3.63) is 60.2 Å². The number of carbonyl (C=O) groups excluding carboxylic acids is 1. The predicted molar refractivity (Wildman–Crippen MR) is 132 cm³/mol. The van der Waals surface area contributed by atoms with Crippen molar-refractivity contribution in [1.29, 1.82) is 0 Å². The van der Waals surface area contributed by atoms with Crippen molar-refractivity contribution in [1.82, 2.24) is 9.88 Å². The molecule has 35 heavy (non-hydrogen) atoms. The molecule has 3 heterocycles. The smallest absolute Gasteiger partial charge is 0.417 e. The zero-order valence-corrected chi connectivity index (χ0v) is 20.1. The summed E-state index contributed by atoms with van der Waals surface area (Å²) in [5.41, 5.74) is 2.28. The Morgan fingerprint density at radius 3 is 2.71 bits per heavy atom. The molecule has 1 N–H and O–H groups in total. The highest BCUT2D eigenvalue weighted by Crippen LogP contribution is 2.34. The number of likely N-dealkylation sites (tertiary alicyclic amines) is 1. The van der Waals surface area contributed by atoms with Crippen LogP contribution in [0.25, 0.3) is 21.5 Å². The molecule has 2 aromatic heterocycles. The van der Waals surface area contributed by atoms with E-state index in [1.165, 1.54) is 6.07 Å². The second kappa shape index (κ2) is 9.63. The van der Waals surface area contributed by atoms with Gasteiger partial charge in [0.15, 0.2) is 22.3 Å². The molecule has 7 nitrogen and oxygen atoms in total. The van der Waals surface area contributed by atoms with Crippen LogP contribution in [0.2, 0.25) is 0 Å². The number of oxazole rings is 1. The number of ether oxygens (including phenoxy) is 1. The van der Waals surface area contributed by atoms with Gasteiger partial charge in [-0.25, -0.2) is 13.6 Å². The summed E-state index contributed by atoms with van der Waals surface area (Å²) in [7, 11) is 4.12. The monoisotopic (exact) mass is 498 g/mol. The first-order chi connectivity index (χ1) is 16.9. The molecule has 0 bridgehead atoms. The largest absolute Gasteiger partial charge is 0.423 e. The molecular formula is C25H24F2N4O3S. The van der Waals surface area contributed by atoms with Gasteiger partial charge < -0.3 is 19.0 Å². The lowest BCUT2D eigenvalue weighted by molar-refractivity contribution is 0.216. The van der Waals surface area contributed by atoms with E-state index in [0.717, 1.165) is 49.4 Å². The number of halogens is 2. The van der Waals surface area contributed by atoms with Crippen LogP contribution in [0.1, 0.15) is 12.8 Å². The number of anilines is 2. The summed E-state index contributed by atoms with van der Waals surface area (Å²) in [6.45, 7) is 2.08. The molecule has 0 saturated carbocycles. The molecule has 4 aromatic rings. The number of fused-ring (bicyclic) bond motifs is 1. The van der Waals surface area contributed by atoms with Crippen molar-refractivity contribution >= 4 is 40.2 Å². The molecule has 1 aliphatic rings. The van der Waals surface area contributed by atoms with Gasteiger partial charge in [-0.3, -0.25) is 5.32 Å². The zero-order valence-electron chi connectivity index (χ0n) is 19.3. The number of nitrogens with one attached hydrogen (secondary N) is 1. The van der Waals surface area contributed by atoms with Crippen LogP contribution in [-0.2, 0) is 0 Å². The third-order valence-corrected chi connectivity index (χ3v) is 7.15. The maximum Gasteiger partial charge on any atom is 0.417 e. The minimum Gasteiger partial charge on any atom is -0.423 e. The summed E-state index contributed by atoms with van der Waals surface area (Å²) in [5, 5.41) is 3.02. The Kier molecular flexibility index (Phi) is 6.40. The molecule has 5 rings (SSSR count). The fourth-order valence-electron chi connectivity index (χ4n) is 4.10. The van der Waals surface area contributed by atoms with Gasteiger partial charge in [0.1, 0.15) is 5.52 Å². The van der Waals surface area contributed by atoms with Gasteiger partial charge in [-0.1, -0.05) is 17.4 Å². The number of amides is 1. The number of hydrogen-bond acceptors (Lipinski definition) is 7. The number of aromatic nitrogens is 1. The van der Waals surface area contributed by atoms with Gasteiger partial charge in [0.25, 0.3) is 6.01 Å². The van der Waals surface area contributed by atoms with Crippen LogP contribution in [0, 0.1) is 11.6 Å². The molecule has 0 atom stereocenters. The lowest BCUT2D eigenvalue weighted by atomic mass is 10.0. The topological polar surface area (TPSA) is 70.8 Å². The molecule has 10 heteroatoms. The molecule has 1 amide bonds. The van der Waals surface area contributed by atoms with E-state index in [0.29, 0.717) is 44.3 Å². The SMILES string of the molecule is CN1CCC(N(C)c2nc3cc(NC(=O)Oc4ccc(-c5ccc(F)c(F)c5)s4)ccc3o2)CC1. The Morgan fingerprint density at radius 1 is 1.14 bits per heavy atom. The Bertz CT molecular complexity index is 1360. The number of hydrogen-bond donors (Lipinski definition) is 1. The van der Waals surface area contributed by atoms with Crippen molar-refractivity contribution in [2.24, 2.45) is 0 Å². The highest BCUT2D eigenvalue weighted by molar-refractivity contribution is 7.17. The molecule has 0 unspecified atom stereocenters. The third kappa shape index (κ3) is 5.13. The van der Waals surface area contributed by atoms with Crippen LogP contribution < -0.4 is 15.0 Å². The summed E-state index contributed by atoms with van der Waals surface area (Å²) in [4.78, 5) is 22.1. The second-order valence-electron chi connectivity index (χ2n) is 8.59. The maximum atomic E-state index is 13.5.